The number of halogens is 1. The Morgan fingerprint density at radius 1 is 1.13 bits per heavy atom. The summed E-state index contributed by atoms with van der Waals surface area (Å²) in [7, 11) is 0. The van der Waals surface area contributed by atoms with Crippen LogP contribution in [0.3, 0.4) is 0 Å². The summed E-state index contributed by atoms with van der Waals surface area (Å²) in [5.41, 5.74) is 2.69. The molecule has 0 bridgehead atoms. The molecule has 2 fully saturated rings. The largest absolute Gasteiger partial charge is 0.354 e. The Morgan fingerprint density at radius 2 is 1.87 bits per heavy atom. The fraction of sp³-hybridized carbons (Fsp3) is 0.667. The first-order chi connectivity index (χ1) is 13.8. The second kappa shape index (κ2) is 11.1. The summed E-state index contributed by atoms with van der Waals surface area (Å²) in [6.45, 7) is 9.86. The molecule has 2 aliphatic heterocycles. The zero-order chi connectivity index (χ0) is 20.9. The maximum Gasteiger partial charge on any atom is 0.237 e. The van der Waals surface area contributed by atoms with E-state index in [-0.39, 0.29) is 35.7 Å². The third kappa shape index (κ3) is 6.98. The number of likely N-dealkylation sites (tertiary alicyclic amines) is 1. The molecule has 2 aliphatic rings. The average molecular weight is 436 g/mol. The number of aryl methyl sites for hydroxylation is 1. The minimum Gasteiger partial charge on any atom is -0.354 e. The van der Waals surface area contributed by atoms with Gasteiger partial charge in [-0.1, -0.05) is 45.0 Å². The Hall–Kier alpha value is -1.59. The number of piperidine rings is 1. The molecule has 5 nitrogen and oxygen atoms in total. The van der Waals surface area contributed by atoms with E-state index in [2.05, 4.69) is 55.7 Å². The number of nitrogens with zero attached hydrogens (tertiary/aromatic N) is 1. The molecule has 0 saturated carbocycles. The summed E-state index contributed by atoms with van der Waals surface area (Å²) in [6.07, 6.45) is 5.44. The molecule has 0 aromatic heterocycles. The van der Waals surface area contributed by atoms with E-state index in [0.717, 1.165) is 51.7 Å². The second-order valence-corrected chi connectivity index (χ2v) is 9.69. The zero-order valence-corrected chi connectivity index (χ0v) is 19.5. The topological polar surface area (TPSA) is 61.4 Å². The van der Waals surface area contributed by atoms with Crippen molar-refractivity contribution in [2.75, 3.05) is 26.2 Å². The van der Waals surface area contributed by atoms with Gasteiger partial charge in [0.25, 0.3) is 0 Å². The van der Waals surface area contributed by atoms with Gasteiger partial charge in [0.15, 0.2) is 0 Å². The molecule has 0 spiro atoms. The maximum absolute atomic E-state index is 12.7. The van der Waals surface area contributed by atoms with Gasteiger partial charge >= 0.3 is 0 Å². The highest BCUT2D eigenvalue weighted by Crippen LogP contribution is 2.23. The van der Waals surface area contributed by atoms with Gasteiger partial charge in [-0.25, -0.2) is 0 Å². The molecule has 3 rings (SSSR count). The molecule has 2 amide bonds. The summed E-state index contributed by atoms with van der Waals surface area (Å²) in [5, 5.41) is 6.33. The van der Waals surface area contributed by atoms with Gasteiger partial charge in [0.2, 0.25) is 11.8 Å². The molecule has 2 heterocycles. The van der Waals surface area contributed by atoms with Crippen LogP contribution in [0.25, 0.3) is 0 Å². The van der Waals surface area contributed by atoms with Gasteiger partial charge in [-0.15, -0.1) is 12.4 Å². The summed E-state index contributed by atoms with van der Waals surface area (Å²) in [4.78, 5) is 26.9. The van der Waals surface area contributed by atoms with E-state index in [0.29, 0.717) is 18.9 Å². The van der Waals surface area contributed by atoms with Crippen molar-refractivity contribution < 1.29 is 9.59 Å². The number of hydrogen-bond donors (Lipinski definition) is 2. The predicted molar refractivity (Wildman–Crippen MR) is 124 cm³/mol. The van der Waals surface area contributed by atoms with Crippen LogP contribution in [0.15, 0.2) is 24.3 Å². The third-order valence-corrected chi connectivity index (χ3v) is 6.26. The van der Waals surface area contributed by atoms with Crippen LogP contribution in [0.5, 0.6) is 0 Å². The van der Waals surface area contributed by atoms with Gasteiger partial charge in [-0.3, -0.25) is 9.59 Å². The van der Waals surface area contributed by atoms with Crippen LogP contribution in [0.1, 0.15) is 64.0 Å². The number of carbonyl (C=O) groups excluding carboxylic acids is 2. The Morgan fingerprint density at radius 3 is 2.50 bits per heavy atom. The van der Waals surface area contributed by atoms with Crippen molar-refractivity contribution in [3.63, 3.8) is 0 Å². The van der Waals surface area contributed by atoms with Gasteiger partial charge in [0, 0.05) is 26.1 Å². The first-order valence-corrected chi connectivity index (χ1v) is 11.2. The highest BCUT2D eigenvalue weighted by molar-refractivity contribution is 5.85. The summed E-state index contributed by atoms with van der Waals surface area (Å²) in [5.74, 6) is 0.715. The van der Waals surface area contributed by atoms with Crippen molar-refractivity contribution in [2.24, 2.45) is 5.92 Å². The fourth-order valence-corrected chi connectivity index (χ4v) is 4.32. The van der Waals surface area contributed by atoms with Crippen LogP contribution in [0.2, 0.25) is 0 Å². The van der Waals surface area contributed by atoms with E-state index >= 15 is 0 Å². The predicted octanol–water partition coefficient (Wildman–Crippen LogP) is 3.45. The van der Waals surface area contributed by atoms with E-state index in [9.17, 15) is 9.59 Å². The van der Waals surface area contributed by atoms with Gasteiger partial charge < -0.3 is 15.5 Å². The smallest absolute Gasteiger partial charge is 0.237 e. The SMILES string of the molecule is CC(C)(C)c1ccc(CCC(=O)N2CCCC(CNC(=O)C3CCCN3)C2)cc1.Cl. The van der Waals surface area contributed by atoms with Crippen molar-refractivity contribution in [1.29, 1.82) is 0 Å². The Labute approximate surface area is 187 Å². The van der Waals surface area contributed by atoms with Crippen molar-refractivity contribution in [1.82, 2.24) is 15.5 Å². The molecule has 2 saturated heterocycles. The van der Waals surface area contributed by atoms with E-state index in [1.54, 1.807) is 0 Å². The molecular weight excluding hydrogens is 398 g/mol. The molecule has 1 aromatic rings. The van der Waals surface area contributed by atoms with Crippen LogP contribution >= 0.6 is 12.4 Å². The van der Waals surface area contributed by atoms with Crippen LogP contribution in [0.4, 0.5) is 0 Å². The van der Waals surface area contributed by atoms with Crippen LogP contribution in [-0.2, 0) is 21.4 Å². The van der Waals surface area contributed by atoms with Gasteiger partial charge in [-0.05, 0) is 61.1 Å². The molecule has 30 heavy (non-hydrogen) atoms. The lowest BCUT2D eigenvalue weighted by molar-refractivity contribution is -0.132. The Bertz CT molecular complexity index is 693. The molecule has 0 radical (unpaired) electrons. The number of hydrogen-bond acceptors (Lipinski definition) is 3. The van der Waals surface area contributed by atoms with Crippen LogP contribution in [-0.4, -0.2) is 48.9 Å². The highest BCUT2D eigenvalue weighted by atomic mass is 35.5. The molecule has 0 aliphatic carbocycles. The molecule has 1 aromatic carbocycles. The number of carbonyl (C=O) groups is 2. The number of nitrogens with one attached hydrogen (secondary N) is 2. The first kappa shape index (κ1) is 24.7. The lowest BCUT2D eigenvalue weighted by Gasteiger charge is -2.33. The highest BCUT2D eigenvalue weighted by Gasteiger charge is 2.26. The van der Waals surface area contributed by atoms with Gasteiger partial charge in [0.05, 0.1) is 6.04 Å². The Kier molecular flexibility index (Phi) is 9.17. The number of benzene rings is 1. The molecule has 2 N–H and O–H groups in total. The molecule has 2 atom stereocenters. The van der Waals surface area contributed by atoms with Crippen LogP contribution in [0, 0.1) is 5.92 Å². The summed E-state index contributed by atoms with van der Waals surface area (Å²) in [6, 6.07) is 8.64. The van der Waals surface area contributed by atoms with E-state index < -0.39 is 0 Å². The minimum absolute atomic E-state index is 0. The molecular formula is C24H38ClN3O2. The molecule has 2 unspecified atom stereocenters. The lowest BCUT2D eigenvalue weighted by Crippen LogP contribution is -2.46. The average Bonchev–Trinajstić information content (AvgIpc) is 3.25. The van der Waals surface area contributed by atoms with E-state index in [1.165, 1.54) is 11.1 Å². The number of amides is 2. The molecule has 168 valence electrons. The zero-order valence-electron chi connectivity index (χ0n) is 18.7. The standard InChI is InChI=1S/C24H37N3O2.ClH/c1-24(2,3)20-11-8-18(9-12-20)10-13-22(28)27-15-5-6-19(17-27)16-26-23(29)21-7-4-14-25-21;/h8-9,11-12,19,21,25H,4-7,10,13-17H2,1-3H3,(H,26,29);1H. The third-order valence-electron chi connectivity index (χ3n) is 6.26. The maximum atomic E-state index is 12.7. The van der Waals surface area contributed by atoms with Crippen molar-refractivity contribution in [2.45, 2.75) is 70.8 Å². The van der Waals surface area contributed by atoms with Crippen molar-refractivity contribution in [3.05, 3.63) is 35.4 Å². The normalized spacial score (nSPS) is 21.8. The van der Waals surface area contributed by atoms with Gasteiger partial charge in [-0.2, -0.15) is 0 Å². The van der Waals surface area contributed by atoms with Gasteiger partial charge in [0.1, 0.15) is 0 Å². The van der Waals surface area contributed by atoms with Crippen LogP contribution < -0.4 is 10.6 Å². The van der Waals surface area contributed by atoms with E-state index in [4.69, 9.17) is 0 Å². The van der Waals surface area contributed by atoms with Crippen molar-refractivity contribution in [3.8, 4) is 0 Å². The summed E-state index contributed by atoms with van der Waals surface area (Å²) >= 11 is 0. The first-order valence-electron chi connectivity index (χ1n) is 11.2. The summed E-state index contributed by atoms with van der Waals surface area (Å²) < 4.78 is 0. The number of rotatable bonds is 6. The monoisotopic (exact) mass is 435 g/mol. The van der Waals surface area contributed by atoms with E-state index in [1.807, 2.05) is 4.90 Å². The minimum atomic E-state index is -0.0269. The lowest BCUT2D eigenvalue weighted by atomic mass is 9.86. The fourth-order valence-electron chi connectivity index (χ4n) is 4.32. The van der Waals surface area contributed by atoms with Crippen molar-refractivity contribution >= 4 is 24.2 Å². The molecule has 6 heteroatoms. The second-order valence-electron chi connectivity index (χ2n) is 9.69. The quantitative estimate of drug-likeness (QED) is 0.719. The Balaban J connectivity index is 0.00000320.